The van der Waals surface area contributed by atoms with E-state index in [4.69, 9.17) is 15.2 Å². The summed E-state index contributed by atoms with van der Waals surface area (Å²) in [7, 11) is 3.12. The lowest BCUT2D eigenvalue weighted by molar-refractivity contribution is 0.100. The molecular formula is C12H14N2O3. The molecule has 0 spiro atoms. The molecule has 3 N–H and O–H groups in total. The van der Waals surface area contributed by atoms with Crippen molar-refractivity contribution in [2.24, 2.45) is 5.73 Å². The second-order valence-electron chi connectivity index (χ2n) is 3.74. The van der Waals surface area contributed by atoms with Gasteiger partial charge >= 0.3 is 0 Å². The standard InChI is InChI=1S/C12H14N2O3/c1-6-10(12(13)15)8-4-7(16-2)5-9(17-3)11(8)14-6/h4-5,14H,1-3H3,(H2,13,15). The van der Waals surface area contributed by atoms with Gasteiger partial charge in [0, 0.05) is 17.1 Å². The Balaban J connectivity index is 2.85. The van der Waals surface area contributed by atoms with Crippen LogP contribution in [0.4, 0.5) is 0 Å². The highest BCUT2D eigenvalue weighted by molar-refractivity contribution is 6.09. The summed E-state index contributed by atoms with van der Waals surface area (Å²) in [5, 5.41) is 0.714. The second kappa shape index (κ2) is 4.01. The number of aromatic amines is 1. The van der Waals surface area contributed by atoms with Gasteiger partial charge in [-0.05, 0) is 13.0 Å². The first-order chi connectivity index (χ1) is 8.08. The molecule has 1 heterocycles. The van der Waals surface area contributed by atoms with Crippen molar-refractivity contribution in [3.63, 3.8) is 0 Å². The molecule has 0 saturated carbocycles. The molecule has 0 unspecified atom stereocenters. The number of methoxy groups -OCH3 is 2. The number of fused-ring (bicyclic) bond motifs is 1. The lowest BCUT2D eigenvalue weighted by Gasteiger charge is -2.05. The van der Waals surface area contributed by atoms with Crippen molar-refractivity contribution in [1.29, 1.82) is 0 Å². The molecule has 0 bridgehead atoms. The van der Waals surface area contributed by atoms with Gasteiger partial charge in [0.15, 0.2) is 0 Å². The number of carbonyl (C=O) groups excluding carboxylic acids is 1. The number of aromatic nitrogens is 1. The van der Waals surface area contributed by atoms with Gasteiger partial charge in [-0.1, -0.05) is 0 Å². The molecule has 0 aliphatic rings. The van der Waals surface area contributed by atoms with E-state index in [0.717, 1.165) is 11.2 Å². The van der Waals surface area contributed by atoms with E-state index in [1.54, 1.807) is 33.3 Å². The molecule has 0 radical (unpaired) electrons. The van der Waals surface area contributed by atoms with E-state index in [2.05, 4.69) is 4.98 Å². The molecular weight excluding hydrogens is 220 g/mol. The summed E-state index contributed by atoms with van der Waals surface area (Å²) in [6, 6.07) is 3.52. The number of hydrogen-bond acceptors (Lipinski definition) is 3. The predicted octanol–water partition coefficient (Wildman–Crippen LogP) is 1.59. The molecule has 5 nitrogen and oxygen atoms in total. The molecule has 1 amide bonds. The quantitative estimate of drug-likeness (QED) is 0.846. The summed E-state index contributed by atoms with van der Waals surface area (Å²) in [4.78, 5) is 14.5. The number of carbonyl (C=O) groups is 1. The van der Waals surface area contributed by atoms with Crippen molar-refractivity contribution >= 4 is 16.8 Å². The zero-order valence-electron chi connectivity index (χ0n) is 9.96. The first kappa shape index (κ1) is 11.3. The van der Waals surface area contributed by atoms with Crippen LogP contribution in [0.25, 0.3) is 10.9 Å². The minimum atomic E-state index is -0.468. The van der Waals surface area contributed by atoms with Crippen molar-refractivity contribution in [3.8, 4) is 11.5 Å². The lowest BCUT2D eigenvalue weighted by Crippen LogP contribution is -2.11. The number of benzene rings is 1. The molecule has 5 heteroatoms. The number of amides is 1. The predicted molar refractivity (Wildman–Crippen MR) is 64.7 cm³/mol. The van der Waals surface area contributed by atoms with Gasteiger partial charge in [0.25, 0.3) is 5.91 Å². The van der Waals surface area contributed by atoms with Gasteiger partial charge in [-0.2, -0.15) is 0 Å². The van der Waals surface area contributed by atoms with Crippen LogP contribution >= 0.6 is 0 Å². The SMILES string of the molecule is COc1cc(OC)c2[nH]c(C)c(C(N)=O)c2c1. The molecule has 1 aromatic carbocycles. The first-order valence-corrected chi connectivity index (χ1v) is 5.12. The van der Waals surface area contributed by atoms with Crippen LogP contribution in [0, 0.1) is 6.92 Å². The Kier molecular flexibility index (Phi) is 2.67. The number of H-pyrrole nitrogens is 1. The number of primary amides is 1. The van der Waals surface area contributed by atoms with E-state index in [9.17, 15) is 4.79 Å². The highest BCUT2D eigenvalue weighted by Gasteiger charge is 2.17. The molecule has 0 fully saturated rings. The minimum Gasteiger partial charge on any atom is -0.497 e. The molecule has 0 aliphatic carbocycles. The summed E-state index contributed by atoms with van der Waals surface area (Å²) in [6.07, 6.45) is 0. The zero-order valence-corrected chi connectivity index (χ0v) is 9.96. The van der Waals surface area contributed by atoms with Gasteiger partial charge in [0.2, 0.25) is 0 Å². The maximum Gasteiger partial charge on any atom is 0.251 e. The maximum absolute atomic E-state index is 11.4. The highest BCUT2D eigenvalue weighted by Crippen LogP contribution is 2.33. The van der Waals surface area contributed by atoms with Crippen LogP contribution < -0.4 is 15.2 Å². The number of rotatable bonds is 3. The number of hydrogen-bond donors (Lipinski definition) is 2. The molecule has 0 aliphatic heterocycles. The topological polar surface area (TPSA) is 77.3 Å². The Hall–Kier alpha value is -2.17. The third-order valence-corrected chi connectivity index (χ3v) is 2.73. The van der Waals surface area contributed by atoms with Gasteiger partial charge in [-0.25, -0.2) is 0 Å². The van der Waals surface area contributed by atoms with E-state index in [-0.39, 0.29) is 0 Å². The molecule has 2 aromatic rings. The second-order valence-corrected chi connectivity index (χ2v) is 3.74. The number of aryl methyl sites for hydroxylation is 1. The monoisotopic (exact) mass is 234 g/mol. The number of nitrogens with two attached hydrogens (primary N) is 1. The molecule has 0 atom stereocenters. The third kappa shape index (κ3) is 1.69. The Morgan fingerprint density at radius 2 is 2.00 bits per heavy atom. The third-order valence-electron chi connectivity index (χ3n) is 2.73. The van der Waals surface area contributed by atoms with Crippen LogP contribution in [0.5, 0.6) is 11.5 Å². The Bertz CT molecular complexity index is 587. The average Bonchev–Trinajstić information content (AvgIpc) is 2.63. The van der Waals surface area contributed by atoms with Crippen LogP contribution in [-0.4, -0.2) is 25.1 Å². The molecule has 17 heavy (non-hydrogen) atoms. The molecule has 0 saturated heterocycles. The van der Waals surface area contributed by atoms with Gasteiger partial charge in [-0.15, -0.1) is 0 Å². The fraction of sp³-hybridized carbons (Fsp3) is 0.250. The smallest absolute Gasteiger partial charge is 0.251 e. The van der Waals surface area contributed by atoms with Crippen molar-refractivity contribution in [3.05, 3.63) is 23.4 Å². The molecule has 90 valence electrons. The van der Waals surface area contributed by atoms with Gasteiger partial charge < -0.3 is 20.2 Å². The minimum absolute atomic E-state index is 0.468. The fourth-order valence-corrected chi connectivity index (χ4v) is 1.96. The first-order valence-electron chi connectivity index (χ1n) is 5.12. The summed E-state index contributed by atoms with van der Waals surface area (Å²) in [6.45, 7) is 1.80. The van der Waals surface area contributed by atoms with Crippen LogP contribution in [0.15, 0.2) is 12.1 Å². The molecule has 1 aromatic heterocycles. The molecule has 2 rings (SSSR count). The zero-order chi connectivity index (χ0) is 12.6. The number of ether oxygens (including phenoxy) is 2. The Labute approximate surface area is 98.5 Å². The van der Waals surface area contributed by atoms with Crippen molar-refractivity contribution in [2.45, 2.75) is 6.92 Å². The van der Waals surface area contributed by atoms with Crippen LogP contribution in [0.3, 0.4) is 0 Å². The summed E-state index contributed by atoms with van der Waals surface area (Å²) >= 11 is 0. The van der Waals surface area contributed by atoms with E-state index in [0.29, 0.717) is 22.4 Å². The highest BCUT2D eigenvalue weighted by atomic mass is 16.5. The lowest BCUT2D eigenvalue weighted by atomic mass is 10.1. The summed E-state index contributed by atoms with van der Waals surface area (Å²) in [5.74, 6) is 0.773. The van der Waals surface area contributed by atoms with E-state index < -0.39 is 5.91 Å². The van der Waals surface area contributed by atoms with Crippen molar-refractivity contribution in [1.82, 2.24) is 4.98 Å². The summed E-state index contributed by atoms with van der Waals surface area (Å²) < 4.78 is 10.4. The van der Waals surface area contributed by atoms with Crippen LogP contribution in [0.1, 0.15) is 16.1 Å². The van der Waals surface area contributed by atoms with Gasteiger partial charge in [-0.3, -0.25) is 4.79 Å². The van der Waals surface area contributed by atoms with E-state index in [1.165, 1.54) is 0 Å². The fourth-order valence-electron chi connectivity index (χ4n) is 1.96. The van der Waals surface area contributed by atoms with Gasteiger partial charge in [0.1, 0.15) is 11.5 Å². The number of nitrogens with one attached hydrogen (secondary N) is 1. The van der Waals surface area contributed by atoms with E-state index in [1.807, 2.05) is 0 Å². The normalized spacial score (nSPS) is 10.5. The van der Waals surface area contributed by atoms with Crippen molar-refractivity contribution in [2.75, 3.05) is 14.2 Å². The van der Waals surface area contributed by atoms with Crippen LogP contribution in [-0.2, 0) is 0 Å². The Morgan fingerprint density at radius 3 is 2.53 bits per heavy atom. The average molecular weight is 234 g/mol. The largest absolute Gasteiger partial charge is 0.497 e. The van der Waals surface area contributed by atoms with Crippen molar-refractivity contribution < 1.29 is 14.3 Å². The maximum atomic E-state index is 11.4. The Morgan fingerprint density at radius 1 is 1.29 bits per heavy atom. The summed E-state index contributed by atoms with van der Waals surface area (Å²) in [5.41, 5.74) is 7.31. The van der Waals surface area contributed by atoms with Crippen LogP contribution in [0.2, 0.25) is 0 Å². The van der Waals surface area contributed by atoms with E-state index >= 15 is 0 Å². The van der Waals surface area contributed by atoms with Gasteiger partial charge in [0.05, 0.1) is 25.3 Å².